The number of nitrogens with zero attached hydrogens (tertiary/aromatic N) is 2. The van der Waals surface area contributed by atoms with E-state index in [-0.39, 0.29) is 24.2 Å². The van der Waals surface area contributed by atoms with Gasteiger partial charge < -0.3 is 19.9 Å². The molecule has 6 nitrogen and oxygen atoms in total. The van der Waals surface area contributed by atoms with Gasteiger partial charge in [-0.1, -0.05) is 30.3 Å². The van der Waals surface area contributed by atoms with Crippen LogP contribution >= 0.6 is 0 Å². The van der Waals surface area contributed by atoms with E-state index in [1.807, 2.05) is 54.6 Å². The van der Waals surface area contributed by atoms with E-state index < -0.39 is 0 Å². The standard InChI is InChI=1S/C21H23N3O3/c25-20-14-16(21(26)22-17-6-2-1-3-7-17)15-24(20)19-9-5-4-8-18(19)23-10-12-27-13-11-23/h1-9,16H,10-15H2,(H,22,26). The van der Waals surface area contributed by atoms with Crippen molar-refractivity contribution in [1.29, 1.82) is 0 Å². The van der Waals surface area contributed by atoms with E-state index >= 15 is 0 Å². The lowest BCUT2D eigenvalue weighted by Gasteiger charge is -2.32. The summed E-state index contributed by atoms with van der Waals surface area (Å²) < 4.78 is 5.44. The van der Waals surface area contributed by atoms with Gasteiger partial charge >= 0.3 is 0 Å². The quantitative estimate of drug-likeness (QED) is 0.904. The van der Waals surface area contributed by atoms with Gasteiger partial charge in [-0.25, -0.2) is 0 Å². The normalized spacial score (nSPS) is 20.0. The van der Waals surface area contributed by atoms with Crippen LogP contribution in [0.1, 0.15) is 6.42 Å². The number of amides is 2. The van der Waals surface area contributed by atoms with E-state index in [4.69, 9.17) is 4.74 Å². The smallest absolute Gasteiger partial charge is 0.229 e. The highest BCUT2D eigenvalue weighted by Gasteiger charge is 2.36. The number of rotatable bonds is 4. The van der Waals surface area contributed by atoms with Gasteiger partial charge in [0.1, 0.15) is 0 Å². The van der Waals surface area contributed by atoms with Crippen LogP contribution in [0, 0.1) is 5.92 Å². The van der Waals surface area contributed by atoms with Gasteiger partial charge in [0.2, 0.25) is 11.8 Å². The molecule has 2 aliphatic rings. The highest BCUT2D eigenvalue weighted by Crippen LogP contribution is 2.34. The molecule has 0 aliphatic carbocycles. The zero-order chi connectivity index (χ0) is 18.6. The van der Waals surface area contributed by atoms with Crippen LogP contribution in [0.5, 0.6) is 0 Å². The Hall–Kier alpha value is -2.86. The molecule has 2 aromatic carbocycles. The molecule has 0 bridgehead atoms. The molecule has 1 atom stereocenters. The summed E-state index contributed by atoms with van der Waals surface area (Å²) in [6.07, 6.45) is 0.232. The Labute approximate surface area is 158 Å². The first-order chi connectivity index (χ1) is 13.2. The maximum absolute atomic E-state index is 12.7. The summed E-state index contributed by atoms with van der Waals surface area (Å²) in [6, 6.07) is 17.3. The first-order valence-electron chi connectivity index (χ1n) is 9.30. The molecular weight excluding hydrogens is 342 g/mol. The van der Waals surface area contributed by atoms with E-state index in [9.17, 15) is 9.59 Å². The maximum Gasteiger partial charge on any atom is 0.229 e. The van der Waals surface area contributed by atoms with Gasteiger partial charge in [-0.05, 0) is 24.3 Å². The molecule has 2 saturated heterocycles. The number of para-hydroxylation sites is 3. The topological polar surface area (TPSA) is 61.9 Å². The van der Waals surface area contributed by atoms with Crippen molar-refractivity contribution in [3.8, 4) is 0 Å². The number of hydrogen-bond acceptors (Lipinski definition) is 4. The monoisotopic (exact) mass is 365 g/mol. The zero-order valence-corrected chi connectivity index (χ0v) is 15.1. The lowest BCUT2D eigenvalue weighted by molar-refractivity contribution is -0.122. The molecule has 0 spiro atoms. The van der Waals surface area contributed by atoms with Gasteiger partial charge in [0.25, 0.3) is 0 Å². The Bertz CT molecular complexity index is 818. The summed E-state index contributed by atoms with van der Waals surface area (Å²) in [6.45, 7) is 3.38. The number of nitrogens with one attached hydrogen (secondary N) is 1. The summed E-state index contributed by atoms with van der Waals surface area (Å²) in [4.78, 5) is 29.3. The SMILES string of the molecule is O=C(Nc1ccccc1)C1CC(=O)N(c2ccccc2N2CCOCC2)C1. The highest BCUT2D eigenvalue weighted by atomic mass is 16.5. The summed E-state index contributed by atoms with van der Waals surface area (Å²) in [5.41, 5.74) is 2.65. The number of morpholine rings is 1. The molecule has 1 N–H and O–H groups in total. The van der Waals surface area contributed by atoms with Crippen molar-refractivity contribution in [1.82, 2.24) is 0 Å². The fourth-order valence-electron chi connectivity index (χ4n) is 3.65. The number of ether oxygens (including phenoxy) is 1. The number of benzene rings is 2. The van der Waals surface area contributed by atoms with Gasteiger partial charge in [-0.15, -0.1) is 0 Å². The molecule has 2 fully saturated rings. The van der Waals surface area contributed by atoms with Crippen LogP contribution in [0.25, 0.3) is 0 Å². The minimum Gasteiger partial charge on any atom is -0.378 e. The summed E-state index contributed by atoms with van der Waals surface area (Å²) in [7, 11) is 0. The lowest BCUT2D eigenvalue weighted by atomic mass is 10.1. The van der Waals surface area contributed by atoms with Gasteiger partial charge in [-0.2, -0.15) is 0 Å². The fraction of sp³-hybridized carbons (Fsp3) is 0.333. The van der Waals surface area contributed by atoms with E-state index in [1.54, 1.807) is 4.90 Å². The lowest BCUT2D eigenvalue weighted by Crippen LogP contribution is -2.38. The van der Waals surface area contributed by atoms with Crippen LogP contribution in [-0.2, 0) is 14.3 Å². The molecule has 0 saturated carbocycles. The summed E-state index contributed by atoms with van der Waals surface area (Å²) in [5, 5.41) is 2.91. The van der Waals surface area contributed by atoms with Crippen LogP contribution < -0.4 is 15.1 Å². The van der Waals surface area contributed by atoms with Crippen LogP contribution in [0.4, 0.5) is 17.1 Å². The van der Waals surface area contributed by atoms with Crippen LogP contribution in [0.3, 0.4) is 0 Å². The minimum absolute atomic E-state index is 0.0103. The van der Waals surface area contributed by atoms with Crippen LogP contribution in [0.15, 0.2) is 54.6 Å². The maximum atomic E-state index is 12.7. The van der Waals surface area contributed by atoms with Crippen molar-refractivity contribution in [2.45, 2.75) is 6.42 Å². The van der Waals surface area contributed by atoms with Gasteiger partial charge in [0.15, 0.2) is 0 Å². The number of anilines is 3. The number of carbonyl (C=O) groups excluding carboxylic acids is 2. The Morgan fingerprint density at radius 3 is 2.37 bits per heavy atom. The van der Waals surface area contributed by atoms with Crippen LogP contribution in [-0.4, -0.2) is 44.7 Å². The number of carbonyl (C=O) groups is 2. The third-order valence-corrected chi connectivity index (χ3v) is 5.06. The first-order valence-corrected chi connectivity index (χ1v) is 9.30. The first kappa shape index (κ1) is 17.5. The van der Waals surface area contributed by atoms with Crippen molar-refractivity contribution in [2.75, 3.05) is 48.0 Å². The summed E-state index contributed by atoms with van der Waals surface area (Å²) >= 11 is 0. The summed E-state index contributed by atoms with van der Waals surface area (Å²) in [5.74, 6) is -0.472. The largest absolute Gasteiger partial charge is 0.378 e. The Morgan fingerprint density at radius 1 is 0.963 bits per heavy atom. The van der Waals surface area contributed by atoms with E-state index in [1.165, 1.54) is 0 Å². The molecule has 4 rings (SSSR count). The van der Waals surface area contributed by atoms with Crippen LogP contribution in [0.2, 0.25) is 0 Å². The second-order valence-corrected chi connectivity index (χ2v) is 6.85. The highest BCUT2D eigenvalue weighted by molar-refractivity contribution is 6.05. The molecule has 2 amide bonds. The van der Waals surface area contributed by atoms with Gasteiger partial charge in [0, 0.05) is 31.7 Å². The average Bonchev–Trinajstić information content (AvgIpc) is 3.11. The predicted octanol–water partition coefficient (Wildman–Crippen LogP) is 2.51. The van der Waals surface area contributed by atoms with Gasteiger partial charge in [0.05, 0.1) is 30.5 Å². The zero-order valence-electron chi connectivity index (χ0n) is 15.1. The predicted molar refractivity (Wildman–Crippen MR) is 105 cm³/mol. The van der Waals surface area contributed by atoms with Gasteiger partial charge in [-0.3, -0.25) is 9.59 Å². The molecule has 2 heterocycles. The Kier molecular flexibility index (Phi) is 5.07. The molecule has 140 valence electrons. The second kappa shape index (κ2) is 7.80. The Morgan fingerprint density at radius 2 is 1.63 bits per heavy atom. The second-order valence-electron chi connectivity index (χ2n) is 6.85. The van der Waals surface area contributed by atoms with Crippen molar-refractivity contribution in [3.63, 3.8) is 0 Å². The molecule has 1 unspecified atom stereocenters. The van der Waals surface area contributed by atoms with E-state index in [0.29, 0.717) is 19.8 Å². The van der Waals surface area contributed by atoms with E-state index in [0.717, 1.165) is 30.2 Å². The average molecular weight is 365 g/mol. The minimum atomic E-state index is -0.351. The Balaban J connectivity index is 1.50. The van der Waals surface area contributed by atoms with Crippen molar-refractivity contribution >= 4 is 28.9 Å². The van der Waals surface area contributed by atoms with Crippen molar-refractivity contribution in [2.24, 2.45) is 5.92 Å². The molecule has 0 radical (unpaired) electrons. The molecule has 2 aromatic rings. The number of hydrogen-bond donors (Lipinski definition) is 1. The van der Waals surface area contributed by atoms with Crippen molar-refractivity contribution in [3.05, 3.63) is 54.6 Å². The third-order valence-electron chi connectivity index (χ3n) is 5.06. The van der Waals surface area contributed by atoms with Crippen molar-refractivity contribution < 1.29 is 14.3 Å². The van der Waals surface area contributed by atoms with E-state index in [2.05, 4.69) is 10.2 Å². The molecule has 27 heavy (non-hydrogen) atoms. The fourth-order valence-corrected chi connectivity index (χ4v) is 3.65. The molecular formula is C21H23N3O3. The molecule has 2 aliphatic heterocycles. The third kappa shape index (κ3) is 3.80. The molecule has 0 aromatic heterocycles. The molecule has 6 heteroatoms.